The Balaban J connectivity index is 3.25. The lowest BCUT2D eigenvalue weighted by atomic mass is 10.2. The Morgan fingerprint density at radius 1 is 1.37 bits per heavy atom. The van der Waals surface area contributed by atoms with Crippen molar-refractivity contribution in [1.82, 2.24) is 9.78 Å². The first-order valence-electron chi connectivity index (χ1n) is 6.23. The summed E-state index contributed by atoms with van der Waals surface area (Å²) in [4.78, 5) is 12.4. The molecule has 8 heteroatoms. The van der Waals surface area contributed by atoms with Crippen molar-refractivity contribution in [3.8, 4) is 0 Å². The highest BCUT2D eigenvalue weighted by atomic mass is 16.6. The van der Waals surface area contributed by atoms with E-state index in [1.54, 1.807) is 11.9 Å². The maximum Gasteiger partial charge on any atom is 0.334 e. The van der Waals surface area contributed by atoms with Gasteiger partial charge in [0.2, 0.25) is 5.82 Å². The van der Waals surface area contributed by atoms with Crippen LogP contribution >= 0.6 is 0 Å². The molecule has 1 aromatic heterocycles. The number of aliphatic hydroxyl groups is 2. The summed E-state index contributed by atoms with van der Waals surface area (Å²) in [5, 5.41) is 33.5. The minimum absolute atomic E-state index is 0.0359. The molecule has 0 fully saturated rings. The summed E-state index contributed by atoms with van der Waals surface area (Å²) >= 11 is 0. The Morgan fingerprint density at radius 3 is 2.37 bits per heavy atom. The predicted octanol–water partition coefficient (Wildman–Crippen LogP) is 0.0718. The number of anilines is 1. The van der Waals surface area contributed by atoms with Crippen molar-refractivity contribution in [2.24, 2.45) is 7.05 Å². The molecule has 19 heavy (non-hydrogen) atoms. The molecule has 8 nitrogen and oxygen atoms in total. The molecule has 0 aliphatic carbocycles. The van der Waals surface area contributed by atoms with Gasteiger partial charge in [-0.05, 0) is 6.42 Å². The van der Waals surface area contributed by atoms with E-state index in [0.29, 0.717) is 17.9 Å². The maximum absolute atomic E-state index is 11.2. The fourth-order valence-corrected chi connectivity index (χ4v) is 2.07. The molecule has 1 aromatic rings. The molecule has 0 radical (unpaired) electrons. The van der Waals surface area contributed by atoms with Gasteiger partial charge in [-0.2, -0.15) is 5.10 Å². The Kier molecular flexibility index (Phi) is 5.71. The molecule has 1 rings (SSSR count). The third kappa shape index (κ3) is 3.42. The lowest BCUT2D eigenvalue weighted by Crippen LogP contribution is -2.31. The third-order valence-corrected chi connectivity index (χ3v) is 2.77. The van der Waals surface area contributed by atoms with Crippen LogP contribution in [0, 0.1) is 10.1 Å². The molecule has 0 aromatic carbocycles. The van der Waals surface area contributed by atoms with Crippen LogP contribution in [0.3, 0.4) is 0 Å². The van der Waals surface area contributed by atoms with E-state index in [4.69, 9.17) is 10.2 Å². The molecule has 0 atom stereocenters. The van der Waals surface area contributed by atoms with Gasteiger partial charge in [-0.15, -0.1) is 0 Å². The van der Waals surface area contributed by atoms with Gasteiger partial charge < -0.3 is 15.1 Å². The van der Waals surface area contributed by atoms with Gasteiger partial charge in [0.15, 0.2) is 0 Å². The molecule has 0 saturated carbocycles. The average molecular weight is 272 g/mol. The van der Waals surface area contributed by atoms with E-state index in [0.717, 1.165) is 6.42 Å². The lowest BCUT2D eigenvalue weighted by molar-refractivity contribution is -0.384. The maximum atomic E-state index is 11.2. The Labute approximate surface area is 111 Å². The van der Waals surface area contributed by atoms with Gasteiger partial charge in [0.25, 0.3) is 0 Å². The van der Waals surface area contributed by atoms with Crippen LogP contribution in [0.4, 0.5) is 11.5 Å². The topological polar surface area (TPSA) is 105 Å². The number of aryl methyl sites for hydroxylation is 2. The van der Waals surface area contributed by atoms with E-state index >= 15 is 0 Å². The van der Waals surface area contributed by atoms with E-state index in [2.05, 4.69) is 5.10 Å². The van der Waals surface area contributed by atoms with E-state index in [9.17, 15) is 10.1 Å². The highest BCUT2D eigenvalue weighted by Gasteiger charge is 2.29. The average Bonchev–Trinajstić information content (AvgIpc) is 2.66. The molecular weight excluding hydrogens is 252 g/mol. The van der Waals surface area contributed by atoms with Crippen molar-refractivity contribution < 1.29 is 15.1 Å². The van der Waals surface area contributed by atoms with Crippen LogP contribution in [-0.2, 0) is 13.5 Å². The Morgan fingerprint density at radius 2 is 1.95 bits per heavy atom. The van der Waals surface area contributed by atoms with Crippen molar-refractivity contribution in [2.45, 2.75) is 19.8 Å². The summed E-state index contributed by atoms with van der Waals surface area (Å²) in [6.45, 7) is 2.06. The molecule has 0 amide bonds. The number of hydrogen-bond acceptors (Lipinski definition) is 6. The van der Waals surface area contributed by atoms with Gasteiger partial charge in [-0.3, -0.25) is 10.1 Å². The second-order valence-electron chi connectivity index (χ2n) is 4.18. The van der Waals surface area contributed by atoms with Crippen molar-refractivity contribution in [3.05, 3.63) is 15.8 Å². The minimum Gasteiger partial charge on any atom is -0.395 e. The zero-order valence-corrected chi connectivity index (χ0v) is 11.2. The number of rotatable bonds is 8. The van der Waals surface area contributed by atoms with E-state index in [1.807, 2.05) is 6.92 Å². The standard InChI is InChI=1S/C11H20N4O4/c1-3-4-9-10(15(18)19)11(13(2)12-9)14(5-7-16)6-8-17/h16-17H,3-8H2,1-2H3. The smallest absolute Gasteiger partial charge is 0.334 e. The van der Waals surface area contributed by atoms with Crippen LogP contribution in [-0.4, -0.2) is 51.2 Å². The lowest BCUT2D eigenvalue weighted by Gasteiger charge is -2.21. The van der Waals surface area contributed by atoms with E-state index < -0.39 is 4.92 Å². The van der Waals surface area contributed by atoms with E-state index in [-0.39, 0.29) is 32.0 Å². The molecule has 108 valence electrons. The molecule has 0 aliphatic heterocycles. The summed E-state index contributed by atoms with van der Waals surface area (Å²) in [5.41, 5.74) is 0.400. The Hall–Kier alpha value is -1.67. The molecule has 1 heterocycles. The summed E-state index contributed by atoms with van der Waals surface area (Å²) in [5.74, 6) is 0.330. The van der Waals surface area contributed by atoms with Gasteiger partial charge in [-0.25, -0.2) is 4.68 Å². The Bertz CT molecular complexity index is 427. The fraction of sp³-hybridized carbons (Fsp3) is 0.727. The minimum atomic E-state index is -0.449. The molecule has 0 saturated heterocycles. The first-order chi connectivity index (χ1) is 9.06. The summed E-state index contributed by atoms with van der Waals surface area (Å²) in [6.07, 6.45) is 1.29. The van der Waals surface area contributed by atoms with Crippen LogP contribution in [0.1, 0.15) is 19.0 Å². The summed E-state index contributed by atoms with van der Waals surface area (Å²) in [6, 6.07) is 0. The third-order valence-electron chi connectivity index (χ3n) is 2.77. The SMILES string of the molecule is CCCc1nn(C)c(N(CCO)CCO)c1[N+](=O)[O-]. The fourth-order valence-electron chi connectivity index (χ4n) is 2.07. The first-order valence-corrected chi connectivity index (χ1v) is 6.23. The number of aromatic nitrogens is 2. The van der Waals surface area contributed by atoms with Gasteiger partial charge in [0.1, 0.15) is 5.69 Å². The van der Waals surface area contributed by atoms with Crippen molar-refractivity contribution in [2.75, 3.05) is 31.2 Å². The van der Waals surface area contributed by atoms with Crippen LogP contribution < -0.4 is 4.90 Å². The summed E-state index contributed by atoms with van der Waals surface area (Å²) < 4.78 is 1.44. The number of nitro groups is 1. The molecule has 0 aliphatic rings. The normalized spacial score (nSPS) is 10.7. The molecule has 0 bridgehead atoms. The monoisotopic (exact) mass is 272 g/mol. The predicted molar refractivity (Wildman–Crippen MR) is 70.2 cm³/mol. The van der Waals surface area contributed by atoms with Crippen LogP contribution in [0.25, 0.3) is 0 Å². The quantitative estimate of drug-likeness (QED) is 0.512. The molecule has 0 unspecified atom stereocenters. The first kappa shape index (κ1) is 15.4. The highest BCUT2D eigenvalue weighted by Crippen LogP contribution is 2.31. The highest BCUT2D eigenvalue weighted by molar-refractivity contribution is 5.61. The second-order valence-corrected chi connectivity index (χ2v) is 4.18. The largest absolute Gasteiger partial charge is 0.395 e. The van der Waals surface area contributed by atoms with Gasteiger partial charge >= 0.3 is 5.69 Å². The molecule has 0 spiro atoms. The zero-order valence-electron chi connectivity index (χ0n) is 11.2. The van der Waals surface area contributed by atoms with Crippen molar-refractivity contribution in [3.63, 3.8) is 0 Å². The van der Waals surface area contributed by atoms with Crippen LogP contribution in [0.2, 0.25) is 0 Å². The second kappa shape index (κ2) is 7.05. The number of aliphatic hydroxyl groups excluding tert-OH is 2. The van der Waals surface area contributed by atoms with Gasteiger partial charge in [-0.1, -0.05) is 13.3 Å². The number of hydrogen-bond donors (Lipinski definition) is 2. The summed E-state index contributed by atoms with van der Waals surface area (Å²) in [7, 11) is 1.63. The molecule has 2 N–H and O–H groups in total. The van der Waals surface area contributed by atoms with Crippen LogP contribution in [0.15, 0.2) is 0 Å². The van der Waals surface area contributed by atoms with E-state index in [1.165, 1.54) is 4.68 Å². The van der Waals surface area contributed by atoms with Crippen molar-refractivity contribution in [1.29, 1.82) is 0 Å². The number of nitrogens with zero attached hydrogens (tertiary/aromatic N) is 4. The van der Waals surface area contributed by atoms with Gasteiger partial charge in [0.05, 0.1) is 18.1 Å². The van der Waals surface area contributed by atoms with Crippen molar-refractivity contribution >= 4 is 11.5 Å². The molecular formula is C11H20N4O4. The zero-order chi connectivity index (χ0) is 14.4. The van der Waals surface area contributed by atoms with Crippen LogP contribution in [0.5, 0.6) is 0 Å². The van der Waals surface area contributed by atoms with Gasteiger partial charge in [0, 0.05) is 20.1 Å².